The first kappa shape index (κ1) is 5.65. The smallest absolute Gasteiger partial charge is 0.0387 e. The lowest BCUT2D eigenvalue weighted by atomic mass is 9.91. The lowest BCUT2D eigenvalue weighted by molar-refractivity contribution is -0.0505. The van der Waals surface area contributed by atoms with Crippen molar-refractivity contribution < 1.29 is 0 Å². The minimum atomic E-state index is 0.772. The van der Waals surface area contributed by atoms with Crippen molar-refractivity contribution in [3.8, 4) is 0 Å². The Balaban J connectivity index is 1.97. The summed E-state index contributed by atoms with van der Waals surface area (Å²) in [6.07, 6.45) is 1.38. The molecular weight excluding hydrogens is 114 g/mol. The number of piperidine rings is 1. The Bertz CT molecular complexity index is 101. The molecule has 3 fully saturated rings. The summed E-state index contributed by atoms with van der Waals surface area (Å²) in [5.74, 6) is 0. The standard InChI is InChI=1S/C6H13N3/c1-7-9-5-2-6(9)4-8-3-5/h5-8H,2-4H2,1H3. The summed E-state index contributed by atoms with van der Waals surface area (Å²) in [7, 11) is 2.00. The molecule has 9 heavy (non-hydrogen) atoms. The molecule has 2 bridgehead atoms. The van der Waals surface area contributed by atoms with Gasteiger partial charge >= 0.3 is 0 Å². The zero-order valence-electron chi connectivity index (χ0n) is 5.72. The van der Waals surface area contributed by atoms with Crippen LogP contribution in [0, 0.1) is 0 Å². The maximum absolute atomic E-state index is 3.37. The van der Waals surface area contributed by atoms with Gasteiger partial charge < -0.3 is 5.32 Å². The quantitative estimate of drug-likeness (QED) is 0.481. The summed E-state index contributed by atoms with van der Waals surface area (Å²) in [4.78, 5) is 0. The van der Waals surface area contributed by atoms with E-state index in [1.807, 2.05) is 7.05 Å². The molecule has 52 valence electrons. The van der Waals surface area contributed by atoms with Crippen LogP contribution in [-0.2, 0) is 0 Å². The SMILES string of the molecule is CNN1C2CNCC1C2. The van der Waals surface area contributed by atoms with Crippen molar-refractivity contribution in [1.82, 2.24) is 15.8 Å². The number of hydrazine groups is 1. The van der Waals surface area contributed by atoms with E-state index >= 15 is 0 Å². The van der Waals surface area contributed by atoms with E-state index in [1.54, 1.807) is 0 Å². The van der Waals surface area contributed by atoms with Crippen LogP contribution in [0.5, 0.6) is 0 Å². The Morgan fingerprint density at radius 3 is 2.44 bits per heavy atom. The van der Waals surface area contributed by atoms with Crippen LogP contribution < -0.4 is 10.7 Å². The molecular formula is C6H13N3. The fourth-order valence-corrected chi connectivity index (χ4v) is 1.85. The van der Waals surface area contributed by atoms with Gasteiger partial charge in [-0.25, -0.2) is 5.01 Å². The molecule has 0 saturated carbocycles. The number of hydrogen-bond donors (Lipinski definition) is 2. The third-order valence-corrected chi connectivity index (χ3v) is 2.35. The monoisotopic (exact) mass is 127 g/mol. The Labute approximate surface area is 55.4 Å². The summed E-state index contributed by atoms with van der Waals surface area (Å²) in [5, 5.41) is 5.71. The molecule has 3 saturated heterocycles. The Hall–Kier alpha value is -0.120. The van der Waals surface area contributed by atoms with Gasteiger partial charge in [-0.15, -0.1) is 0 Å². The number of piperazine rings is 1. The van der Waals surface area contributed by atoms with Crippen LogP contribution in [0.25, 0.3) is 0 Å². The Morgan fingerprint density at radius 1 is 1.44 bits per heavy atom. The van der Waals surface area contributed by atoms with E-state index in [1.165, 1.54) is 6.42 Å². The molecule has 3 aliphatic heterocycles. The maximum Gasteiger partial charge on any atom is 0.0387 e. The van der Waals surface area contributed by atoms with Crippen LogP contribution >= 0.6 is 0 Å². The van der Waals surface area contributed by atoms with Gasteiger partial charge in [0, 0.05) is 25.2 Å². The lowest BCUT2D eigenvalue weighted by Gasteiger charge is -2.52. The first-order valence-electron chi connectivity index (χ1n) is 3.58. The van der Waals surface area contributed by atoms with Crippen LogP contribution in [0.3, 0.4) is 0 Å². The van der Waals surface area contributed by atoms with Gasteiger partial charge in [0.05, 0.1) is 0 Å². The van der Waals surface area contributed by atoms with Crippen LogP contribution in [0.15, 0.2) is 0 Å². The van der Waals surface area contributed by atoms with Gasteiger partial charge in [-0.05, 0) is 13.5 Å². The minimum Gasteiger partial charge on any atom is -0.314 e. The molecule has 3 aliphatic rings. The van der Waals surface area contributed by atoms with Crippen LogP contribution in [0.1, 0.15) is 6.42 Å². The topological polar surface area (TPSA) is 27.3 Å². The third-order valence-electron chi connectivity index (χ3n) is 2.35. The van der Waals surface area contributed by atoms with E-state index in [4.69, 9.17) is 0 Å². The average molecular weight is 127 g/mol. The highest BCUT2D eigenvalue weighted by Crippen LogP contribution is 2.24. The minimum absolute atomic E-state index is 0.772. The molecule has 0 aromatic heterocycles. The zero-order valence-corrected chi connectivity index (χ0v) is 5.72. The van der Waals surface area contributed by atoms with Crippen molar-refractivity contribution in [3.05, 3.63) is 0 Å². The lowest BCUT2D eigenvalue weighted by Crippen LogP contribution is -2.71. The molecule has 3 heteroatoms. The zero-order chi connectivity index (χ0) is 6.27. The predicted octanol–water partition coefficient (Wildman–Crippen LogP) is -0.833. The van der Waals surface area contributed by atoms with Gasteiger partial charge in [0.15, 0.2) is 0 Å². The van der Waals surface area contributed by atoms with Crippen molar-refractivity contribution >= 4 is 0 Å². The highest BCUT2D eigenvalue weighted by Gasteiger charge is 2.40. The average Bonchev–Trinajstić information content (AvgIpc) is 1.90. The highest BCUT2D eigenvalue weighted by atomic mass is 15.6. The van der Waals surface area contributed by atoms with Crippen LogP contribution in [0.2, 0.25) is 0 Å². The van der Waals surface area contributed by atoms with E-state index in [0.717, 1.165) is 25.2 Å². The number of nitrogens with one attached hydrogen (secondary N) is 2. The summed E-state index contributed by atoms with van der Waals surface area (Å²) in [5.41, 5.74) is 3.20. The fraction of sp³-hybridized carbons (Fsp3) is 1.00. The first-order valence-corrected chi connectivity index (χ1v) is 3.58. The van der Waals surface area contributed by atoms with E-state index in [0.29, 0.717) is 0 Å². The van der Waals surface area contributed by atoms with Crippen LogP contribution in [0.4, 0.5) is 0 Å². The normalized spacial score (nSPS) is 42.3. The predicted molar refractivity (Wildman–Crippen MR) is 36.0 cm³/mol. The molecule has 0 spiro atoms. The molecule has 2 N–H and O–H groups in total. The third kappa shape index (κ3) is 0.689. The van der Waals surface area contributed by atoms with Gasteiger partial charge in [0.25, 0.3) is 0 Å². The second-order valence-corrected chi connectivity index (χ2v) is 2.83. The Morgan fingerprint density at radius 2 is 2.11 bits per heavy atom. The molecule has 3 heterocycles. The summed E-state index contributed by atoms with van der Waals surface area (Å²) >= 11 is 0. The fourth-order valence-electron chi connectivity index (χ4n) is 1.85. The number of hydrogen-bond acceptors (Lipinski definition) is 3. The molecule has 3 nitrogen and oxygen atoms in total. The largest absolute Gasteiger partial charge is 0.314 e. The molecule has 0 radical (unpaired) electrons. The van der Waals surface area contributed by atoms with Crippen molar-refractivity contribution in [3.63, 3.8) is 0 Å². The summed E-state index contributed by atoms with van der Waals surface area (Å²) < 4.78 is 0. The molecule has 2 atom stereocenters. The van der Waals surface area contributed by atoms with E-state index in [9.17, 15) is 0 Å². The summed E-state index contributed by atoms with van der Waals surface area (Å²) in [6.45, 7) is 2.33. The number of fused-ring (bicyclic) bond motifs is 2. The number of nitrogens with zero attached hydrogens (tertiary/aromatic N) is 1. The molecule has 0 aromatic carbocycles. The second kappa shape index (κ2) is 1.94. The van der Waals surface area contributed by atoms with Gasteiger partial charge in [0.2, 0.25) is 0 Å². The Kier molecular flexibility index (Phi) is 1.22. The van der Waals surface area contributed by atoms with Gasteiger partial charge in [-0.1, -0.05) is 0 Å². The molecule has 2 unspecified atom stereocenters. The van der Waals surface area contributed by atoms with Gasteiger partial charge in [0.1, 0.15) is 0 Å². The molecule has 0 aliphatic carbocycles. The summed E-state index contributed by atoms with van der Waals surface area (Å²) in [6, 6.07) is 1.54. The van der Waals surface area contributed by atoms with Crippen molar-refractivity contribution in [1.29, 1.82) is 0 Å². The highest BCUT2D eigenvalue weighted by molar-refractivity contribution is 4.96. The van der Waals surface area contributed by atoms with Gasteiger partial charge in [-0.3, -0.25) is 5.43 Å². The second-order valence-electron chi connectivity index (χ2n) is 2.83. The van der Waals surface area contributed by atoms with Crippen molar-refractivity contribution in [2.75, 3.05) is 20.1 Å². The first-order chi connectivity index (χ1) is 4.42. The van der Waals surface area contributed by atoms with Gasteiger partial charge in [-0.2, -0.15) is 0 Å². The van der Waals surface area contributed by atoms with Crippen molar-refractivity contribution in [2.24, 2.45) is 0 Å². The maximum atomic E-state index is 3.37. The van der Waals surface area contributed by atoms with Crippen LogP contribution in [-0.4, -0.2) is 37.2 Å². The molecule has 0 amide bonds. The van der Waals surface area contributed by atoms with Crippen molar-refractivity contribution in [2.45, 2.75) is 18.5 Å². The van der Waals surface area contributed by atoms with E-state index in [2.05, 4.69) is 15.8 Å². The molecule has 3 rings (SSSR count). The number of rotatable bonds is 1. The molecule has 0 aromatic rings. The van der Waals surface area contributed by atoms with E-state index < -0.39 is 0 Å². The van der Waals surface area contributed by atoms with E-state index in [-0.39, 0.29) is 0 Å².